The van der Waals surface area contributed by atoms with E-state index in [1.165, 1.54) is 12.8 Å². The molecule has 0 saturated carbocycles. The van der Waals surface area contributed by atoms with Gasteiger partial charge in [0.25, 0.3) is 0 Å². The van der Waals surface area contributed by atoms with E-state index in [2.05, 4.69) is 12.2 Å². The molecule has 1 unspecified atom stereocenters. The Morgan fingerprint density at radius 3 is 2.77 bits per heavy atom. The molecule has 13 heavy (non-hydrogen) atoms. The van der Waals surface area contributed by atoms with Gasteiger partial charge in [0.05, 0.1) is 6.61 Å². The molecule has 1 aliphatic heterocycles. The van der Waals surface area contributed by atoms with Gasteiger partial charge in [-0.25, -0.2) is 0 Å². The van der Waals surface area contributed by atoms with E-state index in [0.29, 0.717) is 6.04 Å². The molecule has 0 aromatic carbocycles. The average Bonchev–Trinajstić information content (AvgIpc) is 2.19. The molecular weight excluding hydrogens is 166 g/mol. The summed E-state index contributed by atoms with van der Waals surface area (Å²) in [5, 5.41) is 3.47. The highest BCUT2D eigenvalue weighted by molar-refractivity contribution is 4.74. The van der Waals surface area contributed by atoms with E-state index in [9.17, 15) is 0 Å². The fourth-order valence-corrected chi connectivity index (χ4v) is 1.77. The van der Waals surface area contributed by atoms with Crippen molar-refractivity contribution in [2.24, 2.45) is 5.92 Å². The first-order valence-corrected chi connectivity index (χ1v) is 5.14. The van der Waals surface area contributed by atoms with Gasteiger partial charge in [0, 0.05) is 32.9 Å². The van der Waals surface area contributed by atoms with Gasteiger partial charge in [-0.05, 0) is 25.7 Å². The van der Waals surface area contributed by atoms with Crippen molar-refractivity contribution < 1.29 is 9.47 Å². The van der Waals surface area contributed by atoms with Crippen LogP contribution in [-0.4, -0.2) is 39.5 Å². The maximum Gasteiger partial charge on any atom is 0.0587 e. The lowest BCUT2D eigenvalue weighted by Crippen LogP contribution is -2.38. The van der Waals surface area contributed by atoms with Crippen molar-refractivity contribution in [2.75, 3.05) is 33.5 Å². The van der Waals surface area contributed by atoms with Gasteiger partial charge < -0.3 is 14.8 Å². The summed E-state index contributed by atoms with van der Waals surface area (Å²) in [4.78, 5) is 0. The van der Waals surface area contributed by atoms with E-state index in [1.54, 1.807) is 7.11 Å². The largest absolute Gasteiger partial charge is 0.383 e. The minimum Gasteiger partial charge on any atom is -0.383 e. The lowest BCUT2D eigenvalue weighted by atomic mass is 9.93. The number of hydrogen-bond donors (Lipinski definition) is 1. The van der Waals surface area contributed by atoms with Gasteiger partial charge in [-0.3, -0.25) is 0 Å². The van der Waals surface area contributed by atoms with Crippen LogP contribution in [0.5, 0.6) is 0 Å². The standard InChI is InChI=1S/C10H21NO2/c1-9(11-5-8-12-2)10-3-6-13-7-4-10/h9-11H,3-8H2,1-2H3. The summed E-state index contributed by atoms with van der Waals surface area (Å²) in [5.74, 6) is 0.783. The van der Waals surface area contributed by atoms with Gasteiger partial charge in [0.1, 0.15) is 0 Å². The van der Waals surface area contributed by atoms with Crippen molar-refractivity contribution in [1.82, 2.24) is 5.32 Å². The summed E-state index contributed by atoms with van der Waals surface area (Å²) in [6.45, 7) is 5.87. The molecular formula is C10H21NO2. The number of methoxy groups -OCH3 is 1. The molecule has 1 N–H and O–H groups in total. The van der Waals surface area contributed by atoms with E-state index in [4.69, 9.17) is 9.47 Å². The lowest BCUT2D eigenvalue weighted by Gasteiger charge is -2.28. The second kappa shape index (κ2) is 6.35. The normalized spacial score (nSPS) is 21.7. The number of nitrogens with one attached hydrogen (secondary N) is 1. The first-order valence-electron chi connectivity index (χ1n) is 5.14. The Labute approximate surface area is 80.8 Å². The molecule has 0 bridgehead atoms. The second-order valence-corrected chi connectivity index (χ2v) is 3.69. The van der Waals surface area contributed by atoms with E-state index >= 15 is 0 Å². The molecule has 1 aliphatic rings. The molecule has 0 spiro atoms. The Balaban J connectivity index is 2.09. The van der Waals surface area contributed by atoms with Crippen LogP contribution in [0.3, 0.4) is 0 Å². The van der Waals surface area contributed by atoms with Crippen LogP contribution in [-0.2, 0) is 9.47 Å². The van der Waals surface area contributed by atoms with Crippen LogP contribution >= 0.6 is 0 Å². The Kier molecular flexibility index (Phi) is 5.35. The highest BCUT2D eigenvalue weighted by atomic mass is 16.5. The third-order valence-electron chi connectivity index (χ3n) is 2.75. The van der Waals surface area contributed by atoms with Crippen molar-refractivity contribution in [3.63, 3.8) is 0 Å². The molecule has 1 heterocycles. The van der Waals surface area contributed by atoms with Crippen LogP contribution in [0.15, 0.2) is 0 Å². The summed E-state index contributed by atoms with van der Waals surface area (Å²) in [5.41, 5.74) is 0. The summed E-state index contributed by atoms with van der Waals surface area (Å²) < 4.78 is 10.3. The number of rotatable bonds is 5. The minimum atomic E-state index is 0.596. The molecule has 0 aliphatic carbocycles. The van der Waals surface area contributed by atoms with Gasteiger partial charge in [0.2, 0.25) is 0 Å². The molecule has 1 fully saturated rings. The quantitative estimate of drug-likeness (QED) is 0.652. The predicted octanol–water partition coefficient (Wildman–Crippen LogP) is 1.04. The topological polar surface area (TPSA) is 30.5 Å². The van der Waals surface area contributed by atoms with Gasteiger partial charge in [0.15, 0.2) is 0 Å². The molecule has 3 heteroatoms. The Morgan fingerprint density at radius 1 is 1.46 bits per heavy atom. The molecule has 3 nitrogen and oxygen atoms in total. The molecule has 78 valence electrons. The van der Waals surface area contributed by atoms with Gasteiger partial charge in [-0.2, -0.15) is 0 Å². The van der Waals surface area contributed by atoms with E-state index in [1.807, 2.05) is 0 Å². The molecule has 0 radical (unpaired) electrons. The summed E-state index contributed by atoms with van der Waals surface area (Å²) >= 11 is 0. The van der Waals surface area contributed by atoms with Crippen LogP contribution < -0.4 is 5.32 Å². The third kappa shape index (κ3) is 4.07. The average molecular weight is 187 g/mol. The van der Waals surface area contributed by atoms with Crippen molar-refractivity contribution >= 4 is 0 Å². The monoisotopic (exact) mass is 187 g/mol. The number of hydrogen-bond acceptors (Lipinski definition) is 3. The summed E-state index contributed by atoms with van der Waals surface area (Å²) in [7, 11) is 1.74. The third-order valence-corrected chi connectivity index (χ3v) is 2.75. The van der Waals surface area contributed by atoms with E-state index < -0.39 is 0 Å². The lowest BCUT2D eigenvalue weighted by molar-refractivity contribution is 0.0550. The molecule has 0 aromatic rings. The Morgan fingerprint density at radius 2 is 2.15 bits per heavy atom. The minimum absolute atomic E-state index is 0.596. The molecule has 1 rings (SSSR count). The zero-order valence-electron chi connectivity index (χ0n) is 8.71. The van der Waals surface area contributed by atoms with Crippen LogP contribution in [0.4, 0.5) is 0 Å². The smallest absolute Gasteiger partial charge is 0.0587 e. The van der Waals surface area contributed by atoms with E-state index in [-0.39, 0.29) is 0 Å². The fourth-order valence-electron chi connectivity index (χ4n) is 1.77. The molecule has 0 amide bonds. The predicted molar refractivity (Wildman–Crippen MR) is 52.9 cm³/mol. The maximum atomic E-state index is 5.32. The van der Waals surface area contributed by atoms with Crippen LogP contribution in [0.2, 0.25) is 0 Å². The molecule has 1 atom stereocenters. The second-order valence-electron chi connectivity index (χ2n) is 3.69. The van der Waals surface area contributed by atoms with Gasteiger partial charge >= 0.3 is 0 Å². The zero-order chi connectivity index (χ0) is 9.52. The SMILES string of the molecule is COCCNC(C)C1CCOCC1. The Hall–Kier alpha value is -0.120. The first-order chi connectivity index (χ1) is 6.34. The maximum absolute atomic E-state index is 5.32. The van der Waals surface area contributed by atoms with Gasteiger partial charge in [-0.15, -0.1) is 0 Å². The highest BCUT2D eigenvalue weighted by Crippen LogP contribution is 2.18. The zero-order valence-corrected chi connectivity index (χ0v) is 8.71. The van der Waals surface area contributed by atoms with Crippen molar-refractivity contribution in [2.45, 2.75) is 25.8 Å². The highest BCUT2D eigenvalue weighted by Gasteiger charge is 2.19. The van der Waals surface area contributed by atoms with E-state index in [0.717, 1.165) is 32.3 Å². The fraction of sp³-hybridized carbons (Fsp3) is 1.00. The number of ether oxygens (including phenoxy) is 2. The van der Waals surface area contributed by atoms with Crippen LogP contribution in [0.25, 0.3) is 0 Å². The van der Waals surface area contributed by atoms with Crippen molar-refractivity contribution in [3.8, 4) is 0 Å². The van der Waals surface area contributed by atoms with Crippen LogP contribution in [0.1, 0.15) is 19.8 Å². The summed E-state index contributed by atoms with van der Waals surface area (Å²) in [6, 6.07) is 0.596. The Bertz CT molecular complexity index is 124. The molecule has 1 saturated heterocycles. The molecule has 0 aromatic heterocycles. The van der Waals surface area contributed by atoms with Crippen molar-refractivity contribution in [3.05, 3.63) is 0 Å². The first kappa shape index (κ1) is 11.0. The van der Waals surface area contributed by atoms with Gasteiger partial charge in [-0.1, -0.05) is 0 Å². The van der Waals surface area contributed by atoms with Crippen molar-refractivity contribution in [1.29, 1.82) is 0 Å². The summed E-state index contributed by atoms with van der Waals surface area (Å²) in [6.07, 6.45) is 2.39. The van der Waals surface area contributed by atoms with Crippen LogP contribution in [0, 0.1) is 5.92 Å².